The zero-order chi connectivity index (χ0) is 10.7. The van der Waals surface area contributed by atoms with E-state index in [-0.39, 0.29) is 0 Å². The van der Waals surface area contributed by atoms with Crippen LogP contribution in [0.4, 0.5) is 0 Å². The van der Waals surface area contributed by atoms with Crippen LogP contribution in [0.25, 0.3) is 5.69 Å². The van der Waals surface area contributed by atoms with Crippen molar-refractivity contribution in [1.82, 2.24) is 20.0 Å². The predicted octanol–water partition coefficient (Wildman–Crippen LogP) is 1.57. The van der Waals surface area contributed by atoms with Crippen molar-refractivity contribution in [3.05, 3.63) is 34.8 Å². The number of ether oxygens (including phenoxy) is 1. The van der Waals surface area contributed by atoms with Gasteiger partial charge in [0.25, 0.3) is 0 Å². The maximum atomic E-state index is 5.10. The van der Waals surface area contributed by atoms with Crippen molar-refractivity contribution in [3.63, 3.8) is 0 Å². The summed E-state index contributed by atoms with van der Waals surface area (Å²) in [6, 6.07) is 1.84. The summed E-state index contributed by atoms with van der Waals surface area (Å²) in [7, 11) is 1.65. The summed E-state index contributed by atoms with van der Waals surface area (Å²) in [5.41, 5.74) is 1.81. The molecule has 0 atom stereocenters. The minimum Gasteiger partial charge on any atom is -0.378 e. The number of rotatable bonds is 3. The third-order valence-electron chi connectivity index (χ3n) is 1.91. The highest BCUT2D eigenvalue weighted by molar-refractivity contribution is 9.10. The molecule has 0 amide bonds. The molecule has 2 aromatic heterocycles. The normalized spacial score (nSPS) is 10.5. The Bertz CT molecular complexity index is 443. The average molecular weight is 269 g/mol. The van der Waals surface area contributed by atoms with Crippen LogP contribution in [0.15, 0.2) is 29.1 Å². The number of hydrogen-bond acceptors (Lipinski definition) is 4. The van der Waals surface area contributed by atoms with Crippen LogP contribution in [-0.4, -0.2) is 27.1 Å². The molecule has 0 saturated carbocycles. The van der Waals surface area contributed by atoms with Crippen molar-refractivity contribution in [1.29, 1.82) is 0 Å². The summed E-state index contributed by atoms with van der Waals surface area (Å²) in [4.78, 5) is 0. The van der Waals surface area contributed by atoms with Crippen LogP contribution < -0.4 is 0 Å². The van der Waals surface area contributed by atoms with Gasteiger partial charge in [-0.25, -0.2) is 4.68 Å². The zero-order valence-electron chi connectivity index (χ0n) is 8.09. The summed E-state index contributed by atoms with van der Waals surface area (Å²) in [6.45, 7) is 0.489. The monoisotopic (exact) mass is 268 g/mol. The van der Waals surface area contributed by atoms with E-state index in [9.17, 15) is 0 Å². The SMILES string of the molecule is COCc1c(Br)cnn1-c1ccnnc1. The standard InChI is InChI=1S/C9H9BrN4O/c1-15-6-9-8(10)5-13-14(9)7-2-3-11-12-4-7/h2-5H,6H2,1H3. The van der Waals surface area contributed by atoms with E-state index in [4.69, 9.17) is 4.74 Å². The van der Waals surface area contributed by atoms with E-state index >= 15 is 0 Å². The molecule has 2 rings (SSSR count). The molecular weight excluding hydrogens is 260 g/mol. The number of hydrogen-bond donors (Lipinski definition) is 0. The molecule has 0 fully saturated rings. The fourth-order valence-corrected chi connectivity index (χ4v) is 1.63. The zero-order valence-corrected chi connectivity index (χ0v) is 9.68. The Balaban J connectivity index is 2.44. The lowest BCUT2D eigenvalue weighted by Gasteiger charge is -2.05. The first-order valence-corrected chi connectivity index (χ1v) is 5.10. The molecule has 2 heterocycles. The third-order valence-corrected chi connectivity index (χ3v) is 2.57. The minimum atomic E-state index is 0.489. The molecule has 0 aliphatic carbocycles. The predicted molar refractivity (Wildman–Crippen MR) is 57.6 cm³/mol. The van der Waals surface area contributed by atoms with Crippen molar-refractivity contribution in [2.45, 2.75) is 6.61 Å². The van der Waals surface area contributed by atoms with E-state index < -0.39 is 0 Å². The average Bonchev–Trinajstić information content (AvgIpc) is 2.63. The Labute approximate surface area is 95.2 Å². The molecule has 5 nitrogen and oxygen atoms in total. The van der Waals surface area contributed by atoms with Crippen molar-refractivity contribution >= 4 is 15.9 Å². The van der Waals surface area contributed by atoms with E-state index in [1.807, 2.05) is 6.07 Å². The van der Waals surface area contributed by atoms with E-state index in [1.165, 1.54) is 0 Å². The summed E-state index contributed by atoms with van der Waals surface area (Å²) in [5, 5.41) is 11.8. The van der Waals surface area contributed by atoms with Crippen LogP contribution in [0.3, 0.4) is 0 Å². The molecule has 6 heteroatoms. The fourth-order valence-electron chi connectivity index (χ4n) is 1.25. The summed E-state index contributed by atoms with van der Waals surface area (Å²) in [6.07, 6.45) is 5.01. The second-order valence-corrected chi connectivity index (χ2v) is 3.74. The van der Waals surface area contributed by atoms with Gasteiger partial charge in [0.2, 0.25) is 0 Å². The van der Waals surface area contributed by atoms with Gasteiger partial charge in [-0.2, -0.15) is 15.3 Å². The van der Waals surface area contributed by atoms with E-state index in [0.717, 1.165) is 15.9 Å². The van der Waals surface area contributed by atoms with Crippen LogP contribution in [0.1, 0.15) is 5.69 Å². The highest BCUT2D eigenvalue weighted by Crippen LogP contribution is 2.19. The van der Waals surface area contributed by atoms with Gasteiger partial charge in [0.05, 0.1) is 41.1 Å². The summed E-state index contributed by atoms with van der Waals surface area (Å²) in [5.74, 6) is 0. The quantitative estimate of drug-likeness (QED) is 0.848. The largest absolute Gasteiger partial charge is 0.378 e. The second-order valence-electron chi connectivity index (χ2n) is 2.88. The van der Waals surface area contributed by atoms with Gasteiger partial charge in [0.1, 0.15) is 0 Å². The molecular formula is C9H9BrN4O. The van der Waals surface area contributed by atoms with Crippen molar-refractivity contribution in [2.75, 3.05) is 7.11 Å². The Morgan fingerprint density at radius 2 is 2.27 bits per heavy atom. The van der Waals surface area contributed by atoms with Crippen molar-refractivity contribution < 1.29 is 4.74 Å². The number of nitrogens with zero attached hydrogens (tertiary/aromatic N) is 4. The molecule has 0 saturated heterocycles. The van der Waals surface area contributed by atoms with Crippen LogP contribution in [-0.2, 0) is 11.3 Å². The van der Waals surface area contributed by atoms with Crippen LogP contribution in [0, 0.1) is 0 Å². The molecule has 78 valence electrons. The first kappa shape index (κ1) is 10.3. The smallest absolute Gasteiger partial charge is 0.0897 e. The van der Waals surface area contributed by atoms with Crippen LogP contribution in [0.2, 0.25) is 0 Å². The molecule has 0 bridgehead atoms. The minimum absolute atomic E-state index is 0.489. The molecule has 0 aliphatic heterocycles. The number of methoxy groups -OCH3 is 1. The molecule has 0 N–H and O–H groups in total. The lowest BCUT2D eigenvalue weighted by molar-refractivity contribution is 0.178. The number of halogens is 1. The van der Waals surface area contributed by atoms with Gasteiger partial charge in [-0.1, -0.05) is 0 Å². The van der Waals surface area contributed by atoms with Gasteiger partial charge < -0.3 is 4.74 Å². The number of aromatic nitrogens is 4. The molecule has 2 aromatic rings. The van der Waals surface area contributed by atoms with Gasteiger partial charge in [-0.3, -0.25) is 0 Å². The third kappa shape index (κ3) is 2.05. The van der Waals surface area contributed by atoms with Gasteiger partial charge >= 0.3 is 0 Å². The fraction of sp³-hybridized carbons (Fsp3) is 0.222. The van der Waals surface area contributed by atoms with Crippen molar-refractivity contribution in [2.24, 2.45) is 0 Å². The molecule has 0 aliphatic rings. The van der Waals surface area contributed by atoms with Crippen LogP contribution >= 0.6 is 15.9 Å². The summed E-state index contributed by atoms with van der Waals surface area (Å²) >= 11 is 3.42. The Morgan fingerprint density at radius 1 is 1.40 bits per heavy atom. The van der Waals surface area contributed by atoms with Gasteiger partial charge in [-0.15, -0.1) is 0 Å². The lowest BCUT2D eigenvalue weighted by atomic mass is 10.4. The topological polar surface area (TPSA) is 52.8 Å². The van der Waals surface area contributed by atoms with Crippen molar-refractivity contribution in [3.8, 4) is 5.69 Å². The van der Waals surface area contributed by atoms with E-state index in [2.05, 4.69) is 31.2 Å². The van der Waals surface area contributed by atoms with E-state index in [0.29, 0.717) is 6.61 Å². The first-order valence-electron chi connectivity index (χ1n) is 4.31. The first-order chi connectivity index (χ1) is 7.33. The van der Waals surface area contributed by atoms with Gasteiger partial charge in [0.15, 0.2) is 0 Å². The highest BCUT2D eigenvalue weighted by atomic mass is 79.9. The van der Waals surface area contributed by atoms with Crippen LogP contribution in [0.5, 0.6) is 0 Å². The maximum Gasteiger partial charge on any atom is 0.0897 e. The Morgan fingerprint density at radius 3 is 2.93 bits per heavy atom. The molecule has 15 heavy (non-hydrogen) atoms. The molecule has 0 unspecified atom stereocenters. The lowest BCUT2D eigenvalue weighted by Crippen LogP contribution is -2.04. The Kier molecular flexibility index (Phi) is 3.08. The molecule has 0 aromatic carbocycles. The molecule has 0 radical (unpaired) electrons. The summed E-state index contributed by atoms with van der Waals surface area (Å²) < 4.78 is 7.79. The van der Waals surface area contributed by atoms with Gasteiger partial charge in [0, 0.05) is 7.11 Å². The Hall–Kier alpha value is -1.27. The highest BCUT2D eigenvalue weighted by Gasteiger charge is 2.09. The molecule has 0 spiro atoms. The van der Waals surface area contributed by atoms with Gasteiger partial charge in [-0.05, 0) is 22.0 Å². The second kappa shape index (κ2) is 4.50. The maximum absolute atomic E-state index is 5.10. The van der Waals surface area contributed by atoms with E-state index in [1.54, 1.807) is 30.4 Å².